The Labute approximate surface area is 115 Å². The summed E-state index contributed by atoms with van der Waals surface area (Å²) in [6, 6.07) is 7.60. The van der Waals surface area contributed by atoms with E-state index in [0.29, 0.717) is 18.7 Å². The van der Waals surface area contributed by atoms with E-state index in [1.807, 2.05) is 31.2 Å². The molecule has 0 saturated heterocycles. The fourth-order valence-corrected chi connectivity index (χ4v) is 2.88. The quantitative estimate of drug-likeness (QED) is 0.790. The Hall–Kier alpha value is -1.07. The molecule has 0 bridgehead atoms. The molecule has 1 aromatic carbocycles. The number of benzene rings is 1. The maximum absolute atomic E-state index is 11.8. The smallest absolute Gasteiger partial charge is 0.156 e. The highest BCUT2D eigenvalue weighted by Gasteiger charge is 2.18. The van der Waals surface area contributed by atoms with Crippen LogP contribution in [0.5, 0.6) is 5.75 Å². The molecule has 0 saturated carbocycles. The maximum Gasteiger partial charge on any atom is 0.156 e. The molecule has 0 fully saturated rings. The molecule has 0 spiro atoms. The van der Waals surface area contributed by atoms with Gasteiger partial charge in [-0.3, -0.25) is 0 Å². The van der Waals surface area contributed by atoms with E-state index < -0.39 is 9.84 Å². The molecule has 1 aromatic rings. The van der Waals surface area contributed by atoms with Crippen molar-refractivity contribution in [1.29, 1.82) is 0 Å². The van der Waals surface area contributed by atoms with Gasteiger partial charge in [0.05, 0.1) is 11.0 Å². The molecule has 108 valence electrons. The van der Waals surface area contributed by atoms with Gasteiger partial charge in [0, 0.05) is 0 Å². The maximum atomic E-state index is 11.8. The van der Waals surface area contributed by atoms with Gasteiger partial charge in [-0.05, 0) is 44.0 Å². The minimum atomic E-state index is -3.04. The summed E-state index contributed by atoms with van der Waals surface area (Å²) < 4.78 is 29.1. The minimum Gasteiger partial charge on any atom is -0.493 e. The highest BCUT2D eigenvalue weighted by molar-refractivity contribution is 7.92. The zero-order valence-electron chi connectivity index (χ0n) is 11.6. The Morgan fingerprint density at radius 1 is 1.26 bits per heavy atom. The van der Waals surface area contributed by atoms with E-state index in [1.54, 1.807) is 6.92 Å². The third-order valence-electron chi connectivity index (χ3n) is 3.18. The standard InChI is InChI=1S/C14H23NO3S/c1-3-12(2)19(16,17)11-10-18-14-6-4-13(5-7-14)8-9-15/h4-7,12H,3,8-11,15H2,1-2H3. The molecular formula is C14H23NO3S. The molecule has 0 radical (unpaired) electrons. The molecule has 0 aliphatic heterocycles. The van der Waals surface area contributed by atoms with Crippen molar-refractivity contribution in [2.24, 2.45) is 5.73 Å². The lowest BCUT2D eigenvalue weighted by molar-refractivity contribution is 0.340. The van der Waals surface area contributed by atoms with E-state index in [2.05, 4.69) is 0 Å². The van der Waals surface area contributed by atoms with E-state index in [0.717, 1.165) is 12.0 Å². The first kappa shape index (κ1) is 16.0. The molecule has 0 aromatic heterocycles. The van der Waals surface area contributed by atoms with Crippen molar-refractivity contribution in [2.45, 2.75) is 31.9 Å². The van der Waals surface area contributed by atoms with Crippen LogP contribution in [0.3, 0.4) is 0 Å². The topological polar surface area (TPSA) is 69.4 Å². The predicted octanol–water partition coefficient (Wildman–Crippen LogP) is 1.78. The molecule has 0 aliphatic carbocycles. The number of nitrogens with two attached hydrogens (primary N) is 1. The highest BCUT2D eigenvalue weighted by atomic mass is 32.2. The van der Waals surface area contributed by atoms with Gasteiger partial charge in [0.1, 0.15) is 12.4 Å². The van der Waals surface area contributed by atoms with Crippen molar-refractivity contribution < 1.29 is 13.2 Å². The lowest BCUT2D eigenvalue weighted by Crippen LogP contribution is -2.23. The van der Waals surface area contributed by atoms with Crippen molar-refractivity contribution in [3.05, 3.63) is 29.8 Å². The molecule has 1 atom stereocenters. The summed E-state index contributed by atoms with van der Waals surface area (Å²) in [5, 5.41) is -0.303. The van der Waals surface area contributed by atoms with Crippen LogP contribution >= 0.6 is 0 Å². The Bertz CT molecular complexity index is 468. The van der Waals surface area contributed by atoms with Crippen LogP contribution in [-0.2, 0) is 16.3 Å². The van der Waals surface area contributed by atoms with Crippen LogP contribution in [0.4, 0.5) is 0 Å². The van der Waals surface area contributed by atoms with E-state index >= 15 is 0 Å². The predicted molar refractivity (Wildman–Crippen MR) is 78.2 cm³/mol. The lowest BCUT2D eigenvalue weighted by atomic mass is 10.1. The van der Waals surface area contributed by atoms with Gasteiger partial charge in [-0.25, -0.2) is 8.42 Å². The fraction of sp³-hybridized carbons (Fsp3) is 0.571. The van der Waals surface area contributed by atoms with Gasteiger partial charge >= 0.3 is 0 Å². The van der Waals surface area contributed by atoms with Crippen molar-refractivity contribution in [3.63, 3.8) is 0 Å². The second-order valence-electron chi connectivity index (χ2n) is 4.62. The number of sulfone groups is 1. The summed E-state index contributed by atoms with van der Waals surface area (Å²) >= 11 is 0. The number of rotatable bonds is 8. The van der Waals surface area contributed by atoms with Crippen LogP contribution in [0.15, 0.2) is 24.3 Å². The van der Waals surface area contributed by atoms with Crippen LogP contribution in [0, 0.1) is 0 Å². The summed E-state index contributed by atoms with van der Waals surface area (Å²) in [6.45, 7) is 4.42. The van der Waals surface area contributed by atoms with Crippen LogP contribution in [0.25, 0.3) is 0 Å². The molecular weight excluding hydrogens is 262 g/mol. The summed E-state index contributed by atoms with van der Waals surface area (Å²) in [5.74, 6) is 0.757. The molecule has 2 N–H and O–H groups in total. The van der Waals surface area contributed by atoms with Gasteiger partial charge in [0.15, 0.2) is 9.84 Å². The molecule has 4 nitrogen and oxygen atoms in total. The van der Waals surface area contributed by atoms with Crippen molar-refractivity contribution in [2.75, 3.05) is 18.9 Å². The zero-order chi connectivity index (χ0) is 14.3. The molecule has 19 heavy (non-hydrogen) atoms. The van der Waals surface area contributed by atoms with Gasteiger partial charge in [-0.1, -0.05) is 19.1 Å². The molecule has 0 aliphatic rings. The molecule has 5 heteroatoms. The second kappa shape index (κ2) is 7.50. The van der Waals surface area contributed by atoms with E-state index in [1.165, 1.54) is 0 Å². The SMILES string of the molecule is CCC(C)S(=O)(=O)CCOc1ccc(CCN)cc1. The number of ether oxygens (including phenoxy) is 1. The van der Waals surface area contributed by atoms with Crippen molar-refractivity contribution in [1.82, 2.24) is 0 Å². The molecule has 0 amide bonds. The number of hydrogen-bond donors (Lipinski definition) is 1. The van der Waals surface area contributed by atoms with Crippen molar-refractivity contribution >= 4 is 9.84 Å². The average molecular weight is 285 g/mol. The zero-order valence-corrected chi connectivity index (χ0v) is 12.4. The monoisotopic (exact) mass is 285 g/mol. The van der Waals surface area contributed by atoms with E-state index in [4.69, 9.17) is 10.5 Å². The first-order chi connectivity index (χ1) is 8.99. The first-order valence-electron chi connectivity index (χ1n) is 6.63. The Kier molecular flexibility index (Phi) is 6.31. The van der Waals surface area contributed by atoms with Crippen LogP contribution < -0.4 is 10.5 Å². The van der Waals surface area contributed by atoms with E-state index in [9.17, 15) is 8.42 Å². The van der Waals surface area contributed by atoms with Gasteiger partial charge in [-0.2, -0.15) is 0 Å². The second-order valence-corrected chi connectivity index (χ2v) is 7.16. The Morgan fingerprint density at radius 3 is 2.42 bits per heavy atom. The molecule has 1 rings (SSSR count). The highest BCUT2D eigenvalue weighted by Crippen LogP contribution is 2.13. The average Bonchev–Trinajstić information content (AvgIpc) is 2.40. The summed E-state index contributed by atoms with van der Waals surface area (Å²) in [6.07, 6.45) is 1.47. The summed E-state index contributed by atoms with van der Waals surface area (Å²) in [5.41, 5.74) is 6.62. The van der Waals surface area contributed by atoms with Crippen molar-refractivity contribution in [3.8, 4) is 5.75 Å². The van der Waals surface area contributed by atoms with E-state index in [-0.39, 0.29) is 17.6 Å². The molecule has 1 unspecified atom stereocenters. The van der Waals surface area contributed by atoms with Crippen LogP contribution in [-0.4, -0.2) is 32.6 Å². The van der Waals surface area contributed by atoms with Crippen LogP contribution in [0.1, 0.15) is 25.8 Å². The fourth-order valence-electron chi connectivity index (χ4n) is 1.65. The Balaban J connectivity index is 2.45. The van der Waals surface area contributed by atoms with Gasteiger partial charge in [0.25, 0.3) is 0 Å². The molecule has 0 heterocycles. The third kappa shape index (κ3) is 5.20. The third-order valence-corrected chi connectivity index (χ3v) is 5.48. The van der Waals surface area contributed by atoms with Gasteiger partial charge < -0.3 is 10.5 Å². The lowest BCUT2D eigenvalue weighted by Gasteiger charge is -2.11. The van der Waals surface area contributed by atoms with Gasteiger partial charge in [0.2, 0.25) is 0 Å². The van der Waals surface area contributed by atoms with Crippen LogP contribution in [0.2, 0.25) is 0 Å². The summed E-state index contributed by atoms with van der Waals surface area (Å²) in [7, 11) is -3.04. The normalized spacial score (nSPS) is 13.2. The number of hydrogen-bond acceptors (Lipinski definition) is 4. The Morgan fingerprint density at radius 2 is 1.89 bits per heavy atom. The minimum absolute atomic E-state index is 0.0621. The van der Waals surface area contributed by atoms with Gasteiger partial charge in [-0.15, -0.1) is 0 Å². The summed E-state index contributed by atoms with van der Waals surface area (Å²) in [4.78, 5) is 0. The largest absolute Gasteiger partial charge is 0.493 e. The first-order valence-corrected chi connectivity index (χ1v) is 8.34.